The number of alkyl halides is 1. The van der Waals surface area contributed by atoms with Crippen molar-refractivity contribution in [1.29, 1.82) is 0 Å². The summed E-state index contributed by atoms with van der Waals surface area (Å²) in [5, 5.41) is 0. The van der Waals surface area contributed by atoms with Gasteiger partial charge in [0.2, 0.25) is 0 Å². The molecule has 5 nitrogen and oxygen atoms in total. The Labute approximate surface area is 133 Å². The second kappa shape index (κ2) is 8.14. The second-order valence-electron chi connectivity index (χ2n) is 3.16. The van der Waals surface area contributed by atoms with Crippen molar-refractivity contribution in [2.75, 3.05) is 12.5 Å². The van der Waals surface area contributed by atoms with E-state index in [9.17, 15) is 17.8 Å². The molecule has 0 N–H and O–H groups in total. The predicted molar refractivity (Wildman–Crippen MR) is 60.0 cm³/mol. The first kappa shape index (κ1) is 17.9. The largest absolute Gasteiger partial charge is 1.00 e. The molecule has 0 saturated carbocycles. The molecular weight excluding hydrogens is 291 g/mol. The summed E-state index contributed by atoms with van der Waals surface area (Å²) in [6, 6.07) is 4.80. The second-order valence-corrected chi connectivity index (χ2v) is 4.92. The van der Waals surface area contributed by atoms with Gasteiger partial charge in [-0.2, -0.15) is 0 Å². The predicted octanol–water partition coefficient (Wildman–Crippen LogP) is -1.62. The smallest absolute Gasteiger partial charge is 0.744 e. The summed E-state index contributed by atoms with van der Waals surface area (Å²) in [6.07, 6.45) is 0.507. The Kier molecular flexibility index (Phi) is 8.09. The summed E-state index contributed by atoms with van der Waals surface area (Å²) >= 11 is 5.40. The van der Waals surface area contributed by atoms with E-state index in [1.54, 1.807) is 0 Å². The summed E-state index contributed by atoms with van der Waals surface area (Å²) in [7, 11) is -4.56. The van der Waals surface area contributed by atoms with Crippen LogP contribution in [0.15, 0.2) is 29.2 Å². The topological polar surface area (TPSA) is 83.5 Å². The molecule has 0 amide bonds. The van der Waals surface area contributed by atoms with Crippen molar-refractivity contribution >= 4 is 27.7 Å². The van der Waals surface area contributed by atoms with Gasteiger partial charge >= 0.3 is 35.5 Å². The Morgan fingerprint density at radius 1 is 1.39 bits per heavy atom. The van der Waals surface area contributed by atoms with Crippen LogP contribution < -0.4 is 29.6 Å². The van der Waals surface area contributed by atoms with Crippen molar-refractivity contribution in [3.05, 3.63) is 29.8 Å². The average molecular weight is 301 g/mol. The van der Waals surface area contributed by atoms with Crippen LogP contribution >= 0.6 is 11.6 Å². The van der Waals surface area contributed by atoms with Gasteiger partial charge in [0.25, 0.3) is 0 Å². The zero-order valence-electron chi connectivity index (χ0n) is 9.76. The molecule has 0 aliphatic rings. The van der Waals surface area contributed by atoms with Crippen molar-refractivity contribution in [2.45, 2.75) is 11.3 Å². The minimum Gasteiger partial charge on any atom is -0.744 e. The molecule has 0 atom stereocenters. The van der Waals surface area contributed by atoms with Crippen LogP contribution in [-0.2, 0) is 14.9 Å². The van der Waals surface area contributed by atoms with E-state index in [4.69, 9.17) is 16.3 Å². The van der Waals surface area contributed by atoms with Crippen LogP contribution in [0.25, 0.3) is 0 Å². The van der Waals surface area contributed by atoms with Gasteiger partial charge in [0, 0.05) is 5.88 Å². The van der Waals surface area contributed by atoms with E-state index in [-0.39, 0.29) is 41.7 Å². The molecule has 0 aliphatic carbocycles. The number of rotatable bonds is 5. The fourth-order valence-electron chi connectivity index (χ4n) is 1.08. The number of esters is 1. The molecule has 0 heterocycles. The monoisotopic (exact) mass is 300 g/mol. The zero-order chi connectivity index (χ0) is 12.9. The van der Waals surface area contributed by atoms with Gasteiger partial charge in [0.05, 0.1) is 17.1 Å². The molecule has 18 heavy (non-hydrogen) atoms. The number of benzene rings is 1. The first-order valence-corrected chi connectivity index (χ1v) is 6.68. The van der Waals surface area contributed by atoms with E-state index in [2.05, 4.69) is 0 Å². The van der Waals surface area contributed by atoms with Gasteiger partial charge in [-0.1, -0.05) is 6.07 Å². The number of carbonyl (C=O) groups excluding carboxylic acids is 1. The number of carbonyl (C=O) groups is 1. The van der Waals surface area contributed by atoms with Gasteiger partial charge in [0.15, 0.2) is 0 Å². The minimum atomic E-state index is -4.56. The SMILES string of the molecule is O=C(OCCCCl)c1cccc(S(=O)(=O)[O-])c1.[Na+]. The molecule has 8 heteroatoms. The van der Waals surface area contributed by atoms with Crippen LogP contribution in [0, 0.1) is 0 Å². The summed E-state index contributed by atoms with van der Waals surface area (Å²) in [5.41, 5.74) is 0.0245. The first-order chi connectivity index (χ1) is 7.95. The normalized spacial score (nSPS) is 10.6. The third-order valence-corrected chi connectivity index (χ3v) is 2.97. The van der Waals surface area contributed by atoms with E-state index in [1.165, 1.54) is 12.1 Å². The molecule has 0 spiro atoms. The van der Waals surface area contributed by atoms with Gasteiger partial charge < -0.3 is 9.29 Å². The van der Waals surface area contributed by atoms with Gasteiger partial charge in [-0.25, -0.2) is 13.2 Å². The third-order valence-electron chi connectivity index (χ3n) is 1.87. The van der Waals surface area contributed by atoms with Crippen LogP contribution in [0.4, 0.5) is 0 Å². The summed E-state index contributed by atoms with van der Waals surface area (Å²) in [6.45, 7) is 0.149. The maximum absolute atomic E-state index is 11.4. The Morgan fingerprint density at radius 3 is 2.61 bits per heavy atom. The molecule has 1 rings (SSSR count). The van der Waals surface area contributed by atoms with E-state index in [0.29, 0.717) is 12.3 Å². The molecule has 0 radical (unpaired) electrons. The Bertz CT molecular complexity index is 503. The molecule has 0 bridgehead atoms. The van der Waals surface area contributed by atoms with Crippen LogP contribution in [0.3, 0.4) is 0 Å². The fourth-order valence-corrected chi connectivity index (χ4v) is 1.71. The van der Waals surface area contributed by atoms with Crippen molar-refractivity contribution in [3.8, 4) is 0 Å². The number of hydrogen-bond donors (Lipinski definition) is 0. The van der Waals surface area contributed by atoms with Crippen LogP contribution in [0.2, 0.25) is 0 Å². The first-order valence-electron chi connectivity index (χ1n) is 4.74. The molecule has 0 aromatic heterocycles. The fraction of sp³-hybridized carbons (Fsp3) is 0.300. The van der Waals surface area contributed by atoms with Gasteiger partial charge in [-0.15, -0.1) is 11.6 Å². The number of hydrogen-bond acceptors (Lipinski definition) is 5. The Hall–Kier alpha value is -0.110. The molecule has 0 fully saturated rings. The molecule has 1 aromatic rings. The zero-order valence-corrected chi connectivity index (χ0v) is 13.3. The van der Waals surface area contributed by atoms with Crippen LogP contribution in [0.1, 0.15) is 16.8 Å². The third kappa shape index (κ3) is 5.69. The van der Waals surface area contributed by atoms with Crippen molar-refractivity contribution in [2.24, 2.45) is 0 Å². The summed E-state index contributed by atoms with van der Waals surface area (Å²) in [4.78, 5) is 11.0. The molecule has 0 unspecified atom stereocenters. The molecular formula is C10H10ClNaO5S. The van der Waals surface area contributed by atoms with E-state index in [1.807, 2.05) is 0 Å². The average Bonchev–Trinajstić information content (AvgIpc) is 2.28. The maximum Gasteiger partial charge on any atom is 1.00 e. The van der Waals surface area contributed by atoms with E-state index in [0.717, 1.165) is 12.1 Å². The molecule has 1 aromatic carbocycles. The molecule has 0 saturated heterocycles. The van der Waals surface area contributed by atoms with Crippen LogP contribution in [-0.4, -0.2) is 31.4 Å². The quantitative estimate of drug-likeness (QED) is 0.215. The molecule has 94 valence electrons. The number of halogens is 1. The summed E-state index contributed by atoms with van der Waals surface area (Å²) < 4.78 is 37.0. The van der Waals surface area contributed by atoms with Crippen LogP contribution in [0.5, 0.6) is 0 Å². The Balaban J connectivity index is 0.00000289. The van der Waals surface area contributed by atoms with Gasteiger partial charge in [0.1, 0.15) is 10.1 Å². The van der Waals surface area contributed by atoms with Crippen molar-refractivity contribution in [1.82, 2.24) is 0 Å². The number of ether oxygens (including phenoxy) is 1. The van der Waals surface area contributed by atoms with E-state index >= 15 is 0 Å². The van der Waals surface area contributed by atoms with E-state index < -0.39 is 21.0 Å². The van der Waals surface area contributed by atoms with Crippen molar-refractivity contribution < 1.29 is 52.1 Å². The molecule has 0 aliphatic heterocycles. The minimum absolute atomic E-state index is 0. The van der Waals surface area contributed by atoms with Gasteiger partial charge in [-0.05, 0) is 24.6 Å². The maximum atomic E-state index is 11.4. The Morgan fingerprint density at radius 2 is 2.06 bits per heavy atom. The van der Waals surface area contributed by atoms with Gasteiger partial charge in [-0.3, -0.25) is 0 Å². The standard InChI is InChI=1S/C10H11ClO5S.Na/c11-5-2-6-16-10(12)8-3-1-4-9(7-8)17(13,14)15;/h1,3-4,7H,2,5-6H2,(H,13,14,15);/q;+1/p-1. The van der Waals surface area contributed by atoms with Crippen molar-refractivity contribution in [3.63, 3.8) is 0 Å². The summed E-state index contributed by atoms with van der Waals surface area (Å²) in [5.74, 6) is -0.317.